The van der Waals surface area contributed by atoms with Gasteiger partial charge in [-0.2, -0.15) is 0 Å². The van der Waals surface area contributed by atoms with Gasteiger partial charge in [0.2, 0.25) is 0 Å². The molecule has 2 amide bonds. The van der Waals surface area contributed by atoms with Gasteiger partial charge in [-0.1, -0.05) is 35.5 Å². The Hall–Kier alpha value is -4.78. The number of thiophene rings is 1. The average Bonchev–Trinajstić information content (AvgIpc) is 3.70. The minimum absolute atomic E-state index is 0.0504. The summed E-state index contributed by atoms with van der Waals surface area (Å²) in [5, 5.41) is 12.1. The fraction of sp³-hybridized carbons (Fsp3) is 0.389. The lowest BCUT2D eigenvalue weighted by molar-refractivity contribution is -0.108. The summed E-state index contributed by atoms with van der Waals surface area (Å²) in [5.41, 5.74) is 3.85. The Kier molecular flexibility index (Phi) is 8.86. The van der Waals surface area contributed by atoms with Gasteiger partial charge in [-0.25, -0.2) is 18.7 Å². The molecule has 2 aromatic carbocycles. The molecular formula is C36H38F2N8O2S. The number of anilines is 2. The zero-order valence-corrected chi connectivity index (χ0v) is 28.6. The number of fused-ring (bicyclic) bond motifs is 1. The van der Waals surface area contributed by atoms with Crippen molar-refractivity contribution in [3.05, 3.63) is 82.1 Å². The first-order valence-electron chi connectivity index (χ1n) is 16.6. The number of carbonyl (C=O) groups excluding carboxylic acids is 2. The number of piperidine rings is 2. The highest BCUT2D eigenvalue weighted by atomic mass is 32.1. The quantitative estimate of drug-likeness (QED) is 0.198. The maximum Gasteiger partial charge on any atom is 0.269 e. The van der Waals surface area contributed by atoms with E-state index in [0.717, 1.165) is 53.1 Å². The smallest absolute Gasteiger partial charge is 0.269 e. The molecule has 254 valence electrons. The van der Waals surface area contributed by atoms with E-state index < -0.39 is 24.3 Å². The molecule has 5 aromatic rings. The van der Waals surface area contributed by atoms with Crippen LogP contribution in [0.15, 0.2) is 54.7 Å². The van der Waals surface area contributed by atoms with Crippen LogP contribution in [0, 0.1) is 26.7 Å². The standard InChI is InChI=1S/C36H38F2N8O2S/c1-22-12-13-25(18-28(22)33(47)41-27-10-6-4-7-11-27)29-20-46(43-42-29)19-26-14-17-45(21-36(26,37)38)35(48)31-23(2)30-32(44-15-8-5-9-16-44)39-24(3)40-34(30)49-31/h4,6-7,10-13,18,20,26H,5,8-9,14-17,19,21H2,1-3H3,(H,41,47). The molecule has 0 aliphatic carbocycles. The van der Waals surface area contributed by atoms with E-state index in [-0.39, 0.29) is 25.4 Å². The molecule has 0 radical (unpaired) electrons. The molecule has 10 nitrogen and oxygen atoms in total. The molecule has 0 spiro atoms. The van der Waals surface area contributed by atoms with Crippen molar-refractivity contribution in [1.29, 1.82) is 0 Å². The SMILES string of the molecule is Cc1nc(N2CCCCC2)c2c(C)c(C(=O)N3CCC(Cn4cc(-c5ccc(C)c(C(=O)Nc6ccccc6)c5)nn4)C(F)(F)C3)sc2n1. The number of hydrogen-bond acceptors (Lipinski definition) is 8. The highest BCUT2D eigenvalue weighted by molar-refractivity contribution is 7.20. The molecule has 1 unspecified atom stereocenters. The Morgan fingerprint density at radius 2 is 1.78 bits per heavy atom. The topological polar surface area (TPSA) is 109 Å². The van der Waals surface area contributed by atoms with Crippen LogP contribution in [0.4, 0.5) is 20.3 Å². The lowest BCUT2D eigenvalue weighted by Gasteiger charge is -2.38. The Morgan fingerprint density at radius 1 is 1.00 bits per heavy atom. The van der Waals surface area contributed by atoms with Crippen molar-refractivity contribution >= 4 is 44.9 Å². The summed E-state index contributed by atoms with van der Waals surface area (Å²) in [5.74, 6) is -3.34. The highest BCUT2D eigenvalue weighted by Gasteiger charge is 2.46. The number of aryl methyl sites for hydroxylation is 3. The molecule has 5 heterocycles. The second-order valence-electron chi connectivity index (χ2n) is 13.0. The van der Waals surface area contributed by atoms with Crippen molar-refractivity contribution in [1.82, 2.24) is 29.9 Å². The molecule has 7 rings (SSSR count). The second-order valence-corrected chi connectivity index (χ2v) is 14.0. The maximum absolute atomic E-state index is 15.7. The van der Waals surface area contributed by atoms with Gasteiger partial charge < -0.3 is 15.1 Å². The fourth-order valence-corrected chi connectivity index (χ4v) is 7.97. The summed E-state index contributed by atoms with van der Waals surface area (Å²) >= 11 is 1.26. The number of nitrogens with one attached hydrogen (secondary N) is 1. The van der Waals surface area contributed by atoms with Gasteiger partial charge in [0.15, 0.2) is 0 Å². The van der Waals surface area contributed by atoms with Crippen LogP contribution in [0.2, 0.25) is 0 Å². The number of aromatic nitrogens is 5. The number of para-hydroxylation sites is 1. The van der Waals surface area contributed by atoms with Gasteiger partial charge in [0.05, 0.1) is 29.5 Å². The van der Waals surface area contributed by atoms with Crippen molar-refractivity contribution in [3.63, 3.8) is 0 Å². The van der Waals surface area contributed by atoms with E-state index in [9.17, 15) is 9.59 Å². The van der Waals surface area contributed by atoms with Gasteiger partial charge in [0, 0.05) is 42.4 Å². The van der Waals surface area contributed by atoms with E-state index >= 15 is 8.78 Å². The predicted octanol–water partition coefficient (Wildman–Crippen LogP) is 6.92. The summed E-state index contributed by atoms with van der Waals surface area (Å²) in [6.45, 7) is 6.84. The van der Waals surface area contributed by atoms with Crippen LogP contribution in [0.5, 0.6) is 0 Å². The van der Waals surface area contributed by atoms with Gasteiger partial charge >= 0.3 is 0 Å². The van der Waals surface area contributed by atoms with Crippen molar-refractivity contribution in [2.75, 3.05) is 36.4 Å². The fourth-order valence-electron chi connectivity index (χ4n) is 6.78. The molecule has 2 aliphatic heterocycles. The molecule has 13 heteroatoms. The van der Waals surface area contributed by atoms with Crippen LogP contribution in [0.3, 0.4) is 0 Å². The summed E-state index contributed by atoms with van der Waals surface area (Å²) in [7, 11) is 0. The van der Waals surface area contributed by atoms with E-state index in [2.05, 4.69) is 25.5 Å². The predicted molar refractivity (Wildman–Crippen MR) is 187 cm³/mol. The molecule has 2 fully saturated rings. The number of hydrogen-bond donors (Lipinski definition) is 1. The number of alkyl halides is 2. The number of nitrogens with zero attached hydrogens (tertiary/aromatic N) is 7. The first-order valence-corrected chi connectivity index (χ1v) is 17.5. The van der Waals surface area contributed by atoms with Crippen LogP contribution in [-0.4, -0.2) is 73.8 Å². The third-order valence-electron chi connectivity index (χ3n) is 9.52. The molecule has 2 saturated heterocycles. The second kappa shape index (κ2) is 13.3. The van der Waals surface area contributed by atoms with Crippen LogP contribution >= 0.6 is 11.3 Å². The molecule has 1 N–H and O–H groups in total. The minimum atomic E-state index is -3.13. The first kappa shape index (κ1) is 32.8. The summed E-state index contributed by atoms with van der Waals surface area (Å²) in [6.07, 6.45) is 5.09. The van der Waals surface area contributed by atoms with E-state index in [1.807, 2.05) is 63.2 Å². The Labute approximate surface area is 287 Å². The van der Waals surface area contributed by atoms with Gasteiger partial charge in [-0.3, -0.25) is 14.3 Å². The maximum atomic E-state index is 15.7. The lowest BCUT2D eigenvalue weighted by Crippen LogP contribution is -2.51. The van der Waals surface area contributed by atoms with Gasteiger partial charge in [-0.05, 0) is 75.8 Å². The Balaban J connectivity index is 1.04. The molecule has 1 atom stereocenters. The largest absolute Gasteiger partial charge is 0.356 e. The molecule has 0 bridgehead atoms. The van der Waals surface area contributed by atoms with Gasteiger partial charge in [-0.15, -0.1) is 16.4 Å². The minimum Gasteiger partial charge on any atom is -0.356 e. The van der Waals surface area contributed by atoms with Gasteiger partial charge in [0.1, 0.15) is 22.2 Å². The third-order valence-corrected chi connectivity index (χ3v) is 10.7. The molecule has 0 saturated carbocycles. The van der Waals surface area contributed by atoms with E-state index in [1.165, 1.54) is 27.3 Å². The average molecular weight is 685 g/mol. The van der Waals surface area contributed by atoms with Crippen LogP contribution in [0.25, 0.3) is 21.5 Å². The zero-order valence-electron chi connectivity index (χ0n) is 27.7. The normalized spacial score (nSPS) is 17.8. The van der Waals surface area contributed by atoms with E-state index in [0.29, 0.717) is 33.2 Å². The number of carbonyl (C=O) groups is 2. The van der Waals surface area contributed by atoms with E-state index in [1.54, 1.807) is 12.3 Å². The van der Waals surface area contributed by atoms with Crippen LogP contribution in [0.1, 0.15) is 62.7 Å². The van der Waals surface area contributed by atoms with Crippen molar-refractivity contribution < 1.29 is 18.4 Å². The Bertz CT molecular complexity index is 2020. The van der Waals surface area contributed by atoms with E-state index in [4.69, 9.17) is 4.98 Å². The number of likely N-dealkylation sites (tertiary alicyclic amines) is 1. The van der Waals surface area contributed by atoms with Crippen molar-refractivity contribution in [2.45, 2.75) is 58.9 Å². The molecule has 3 aromatic heterocycles. The monoisotopic (exact) mass is 684 g/mol. The lowest BCUT2D eigenvalue weighted by atomic mass is 9.92. The molecule has 2 aliphatic rings. The summed E-state index contributed by atoms with van der Waals surface area (Å²) in [6, 6.07) is 14.6. The summed E-state index contributed by atoms with van der Waals surface area (Å²) < 4.78 is 32.9. The molecule has 49 heavy (non-hydrogen) atoms. The zero-order chi connectivity index (χ0) is 34.3. The molecular weight excluding hydrogens is 647 g/mol. The number of amides is 2. The Morgan fingerprint density at radius 3 is 2.53 bits per heavy atom. The highest BCUT2D eigenvalue weighted by Crippen LogP contribution is 2.39. The first-order chi connectivity index (χ1) is 23.6. The van der Waals surface area contributed by atoms with Gasteiger partial charge in [0.25, 0.3) is 17.7 Å². The van der Waals surface area contributed by atoms with Crippen molar-refractivity contribution in [3.8, 4) is 11.3 Å². The van der Waals surface area contributed by atoms with Crippen LogP contribution < -0.4 is 10.2 Å². The van der Waals surface area contributed by atoms with Crippen LogP contribution in [-0.2, 0) is 6.54 Å². The number of benzene rings is 2. The third kappa shape index (κ3) is 6.63. The number of halogens is 2. The van der Waals surface area contributed by atoms with Crippen molar-refractivity contribution in [2.24, 2.45) is 5.92 Å². The number of rotatable bonds is 7. The summed E-state index contributed by atoms with van der Waals surface area (Å²) in [4.78, 5) is 40.8.